The second-order valence-corrected chi connectivity index (χ2v) is 3.98. The zero-order valence-electron chi connectivity index (χ0n) is 8.93. The molecule has 0 heterocycles. The van der Waals surface area contributed by atoms with Crippen molar-refractivity contribution in [2.75, 3.05) is 27.4 Å². The molecule has 1 rings (SSSR count). The molecule has 0 spiro atoms. The molecule has 1 fully saturated rings. The molecule has 1 aliphatic carbocycles. The van der Waals surface area contributed by atoms with E-state index in [0.717, 1.165) is 13.2 Å². The average molecular weight is 187 g/mol. The lowest BCUT2D eigenvalue weighted by Gasteiger charge is -2.41. The Balaban J connectivity index is 2.16. The Hall–Kier alpha value is -0.120. The van der Waals surface area contributed by atoms with Crippen molar-refractivity contribution in [3.8, 4) is 0 Å². The molecule has 3 nitrogen and oxygen atoms in total. The number of rotatable bonds is 6. The van der Waals surface area contributed by atoms with Gasteiger partial charge in [0.05, 0.1) is 12.2 Å². The van der Waals surface area contributed by atoms with Crippen LogP contribution in [0.4, 0.5) is 0 Å². The van der Waals surface area contributed by atoms with Crippen LogP contribution in [0, 0.1) is 0 Å². The van der Waals surface area contributed by atoms with E-state index in [1.165, 1.54) is 19.3 Å². The first-order valence-corrected chi connectivity index (χ1v) is 5.00. The van der Waals surface area contributed by atoms with Crippen molar-refractivity contribution >= 4 is 0 Å². The fourth-order valence-corrected chi connectivity index (χ4v) is 1.69. The van der Waals surface area contributed by atoms with Gasteiger partial charge in [0.25, 0.3) is 0 Å². The van der Waals surface area contributed by atoms with E-state index in [-0.39, 0.29) is 5.60 Å². The van der Waals surface area contributed by atoms with E-state index in [2.05, 4.69) is 12.2 Å². The summed E-state index contributed by atoms with van der Waals surface area (Å²) in [5.74, 6) is 0. The molecule has 1 atom stereocenters. The van der Waals surface area contributed by atoms with Crippen LogP contribution in [0.25, 0.3) is 0 Å². The van der Waals surface area contributed by atoms with Crippen LogP contribution in [0.2, 0.25) is 0 Å². The van der Waals surface area contributed by atoms with Gasteiger partial charge in [-0.3, -0.25) is 0 Å². The molecule has 1 unspecified atom stereocenters. The molecule has 1 aliphatic rings. The van der Waals surface area contributed by atoms with Crippen molar-refractivity contribution in [3.05, 3.63) is 0 Å². The van der Waals surface area contributed by atoms with Crippen molar-refractivity contribution in [1.82, 2.24) is 5.32 Å². The van der Waals surface area contributed by atoms with Crippen molar-refractivity contribution in [2.45, 2.75) is 37.8 Å². The van der Waals surface area contributed by atoms with Gasteiger partial charge >= 0.3 is 0 Å². The highest BCUT2D eigenvalue weighted by Gasteiger charge is 2.36. The highest BCUT2D eigenvalue weighted by atomic mass is 16.5. The molecule has 78 valence electrons. The van der Waals surface area contributed by atoms with Crippen LogP contribution in [0.1, 0.15) is 26.2 Å². The first-order chi connectivity index (χ1) is 6.22. The van der Waals surface area contributed by atoms with Gasteiger partial charge in [0.1, 0.15) is 0 Å². The summed E-state index contributed by atoms with van der Waals surface area (Å²) in [7, 11) is 3.54. The predicted octanol–water partition coefficient (Wildman–Crippen LogP) is 1.18. The minimum absolute atomic E-state index is 0.127. The minimum atomic E-state index is 0.127. The second kappa shape index (κ2) is 4.94. The normalized spacial score (nSPS) is 22.4. The summed E-state index contributed by atoms with van der Waals surface area (Å²) in [6.07, 6.45) is 3.68. The fraction of sp³-hybridized carbons (Fsp3) is 1.00. The summed E-state index contributed by atoms with van der Waals surface area (Å²) in [6, 6.07) is 0.414. The monoisotopic (exact) mass is 187 g/mol. The Bertz CT molecular complexity index is 140. The molecule has 3 heteroatoms. The molecule has 0 radical (unpaired) electrons. The van der Waals surface area contributed by atoms with Crippen LogP contribution in [0.15, 0.2) is 0 Å². The van der Waals surface area contributed by atoms with Crippen molar-refractivity contribution in [3.63, 3.8) is 0 Å². The summed E-state index contributed by atoms with van der Waals surface area (Å²) in [5.41, 5.74) is 0.127. The van der Waals surface area contributed by atoms with Crippen LogP contribution in [0.5, 0.6) is 0 Å². The second-order valence-electron chi connectivity index (χ2n) is 3.98. The third kappa shape index (κ3) is 2.93. The topological polar surface area (TPSA) is 30.5 Å². The molecule has 0 aromatic rings. The van der Waals surface area contributed by atoms with Gasteiger partial charge < -0.3 is 14.8 Å². The average Bonchev–Trinajstić information content (AvgIpc) is 2.04. The maximum absolute atomic E-state index is 5.50. The van der Waals surface area contributed by atoms with E-state index >= 15 is 0 Å². The van der Waals surface area contributed by atoms with E-state index in [1.807, 2.05) is 7.11 Å². The molecule has 1 saturated carbocycles. The Morgan fingerprint density at radius 3 is 2.46 bits per heavy atom. The Labute approximate surface area is 80.8 Å². The summed E-state index contributed by atoms with van der Waals surface area (Å²) >= 11 is 0. The summed E-state index contributed by atoms with van der Waals surface area (Å²) in [6.45, 7) is 3.85. The zero-order chi connectivity index (χ0) is 9.73. The highest BCUT2D eigenvalue weighted by Crippen LogP contribution is 2.34. The van der Waals surface area contributed by atoms with Gasteiger partial charge in [-0.1, -0.05) is 0 Å². The first kappa shape index (κ1) is 11.0. The third-order valence-electron chi connectivity index (χ3n) is 2.89. The Morgan fingerprint density at radius 1 is 1.38 bits per heavy atom. The van der Waals surface area contributed by atoms with E-state index in [9.17, 15) is 0 Å². The van der Waals surface area contributed by atoms with Crippen LogP contribution >= 0.6 is 0 Å². The van der Waals surface area contributed by atoms with Crippen LogP contribution in [-0.4, -0.2) is 39.0 Å². The number of hydrogen-bond acceptors (Lipinski definition) is 3. The summed E-state index contributed by atoms with van der Waals surface area (Å²) < 4.78 is 10.5. The zero-order valence-corrected chi connectivity index (χ0v) is 8.93. The van der Waals surface area contributed by atoms with Gasteiger partial charge in [0, 0.05) is 26.8 Å². The first-order valence-electron chi connectivity index (χ1n) is 5.00. The smallest absolute Gasteiger partial charge is 0.0802 e. The van der Waals surface area contributed by atoms with Gasteiger partial charge in [-0.05, 0) is 26.2 Å². The van der Waals surface area contributed by atoms with Crippen LogP contribution in [0.3, 0.4) is 0 Å². The maximum atomic E-state index is 5.50. The lowest BCUT2D eigenvalue weighted by Crippen LogP contribution is -2.50. The minimum Gasteiger partial charge on any atom is -0.383 e. The van der Waals surface area contributed by atoms with E-state index in [0.29, 0.717) is 6.04 Å². The summed E-state index contributed by atoms with van der Waals surface area (Å²) in [5, 5.41) is 3.43. The van der Waals surface area contributed by atoms with Gasteiger partial charge in [-0.2, -0.15) is 0 Å². The molecule has 0 aromatic heterocycles. The molecular weight excluding hydrogens is 166 g/mol. The van der Waals surface area contributed by atoms with Gasteiger partial charge in [0.2, 0.25) is 0 Å². The highest BCUT2D eigenvalue weighted by molar-refractivity contribution is 4.91. The van der Waals surface area contributed by atoms with Crippen molar-refractivity contribution < 1.29 is 9.47 Å². The van der Waals surface area contributed by atoms with Crippen LogP contribution < -0.4 is 5.32 Å². The molecule has 0 amide bonds. The Kier molecular flexibility index (Phi) is 4.16. The van der Waals surface area contributed by atoms with Crippen molar-refractivity contribution in [2.24, 2.45) is 0 Å². The molecule has 0 aliphatic heterocycles. The fourth-order valence-electron chi connectivity index (χ4n) is 1.69. The van der Waals surface area contributed by atoms with E-state index < -0.39 is 0 Å². The standard InChI is InChI=1S/C10H21NO2/c1-9(7-12-2)11-8-10(13-3)5-4-6-10/h9,11H,4-8H2,1-3H3. The molecular formula is C10H21NO2. The van der Waals surface area contributed by atoms with E-state index in [1.54, 1.807) is 7.11 Å². The van der Waals surface area contributed by atoms with Gasteiger partial charge in [-0.25, -0.2) is 0 Å². The number of ether oxygens (including phenoxy) is 2. The SMILES string of the molecule is COCC(C)NCC1(OC)CCC1. The third-order valence-corrected chi connectivity index (χ3v) is 2.89. The van der Waals surface area contributed by atoms with Crippen molar-refractivity contribution in [1.29, 1.82) is 0 Å². The Morgan fingerprint density at radius 2 is 2.08 bits per heavy atom. The number of nitrogens with one attached hydrogen (secondary N) is 1. The number of hydrogen-bond donors (Lipinski definition) is 1. The van der Waals surface area contributed by atoms with Gasteiger partial charge in [0.15, 0.2) is 0 Å². The van der Waals surface area contributed by atoms with E-state index in [4.69, 9.17) is 9.47 Å². The molecule has 1 N–H and O–H groups in total. The summed E-state index contributed by atoms with van der Waals surface area (Å²) in [4.78, 5) is 0. The molecule has 0 aromatic carbocycles. The lowest BCUT2D eigenvalue weighted by molar-refractivity contribution is -0.0715. The lowest BCUT2D eigenvalue weighted by atomic mass is 9.80. The molecule has 13 heavy (non-hydrogen) atoms. The van der Waals surface area contributed by atoms with Gasteiger partial charge in [-0.15, -0.1) is 0 Å². The quantitative estimate of drug-likeness (QED) is 0.677. The number of methoxy groups -OCH3 is 2. The largest absolute Gasteiger partial charge is 0.383 e. The molecule has 0 bridgehead atoms. The molecule has 0 saturated heterocycles. The maximum Gasteiger partial charge on any atom is 0.0802 e. The predicted molar refractivity (Wildman–Crippen MR) is 52.9 cm³/mol. The van der Waals surface area contributed by atoms with Crippen LogP contribution in [-0.2, 0) is 9.47 Å².